The van der Waals surface area contributed by atoms with E-state index in [9.17, 15) is 4.79 Å². The first-order valence-corrected chi connectivity index (χ1v) is 10.5. The predicted molar refractivity (Wildman–Crippen MR) is 124 cm³/mol. The molecule has 0 saturated carbocycles. The van der Waals surface area contributed by atoms with Crippen LogP contribution in [0.4, 0.5) is 0 Å². The van der Waals surface area contributed by atoms with Crippen molar-refractivity contribution in [2.75, 3.05) is 7.11 Å². The van der Waals surface area contributed by atoms with Crippen molar-refractivity contribution >= 4 is 34.3 Å². The van der Waals surface area contributed by atoms with Crippen LogP contribution in [0, 0.1) is 0 Å². The standard InChI is InChI=1S/C25H19ClN4O2/c1-32-24-9-5-3-7-18(24)21-15-23(16-10-11-20-22(14-16)28-13-12-27-20)30(29-21)25(31)17-6-2-4-8-19(17)26/h2-14,23H,15H2,1H3/t23-/m0/s1. The molecule has 4 aromatic rings. The molecule has 0 N–H and O–H groups in total. The van der Waals surface area contributed by atoms with Crippen molar-refractivity contribution in [3.63, 3.8) is 0 Å². The van der Waals surface area contributed by atoms with Gasteiger partial charge >= 0.3 is 0 Å². The third-order valence-electron chi connectivity index (χ3n) is 5.52. The highest BCUT2D eigenvalue weighted by atomic mass is 35.5. The van der Waals surface area contributed by atoms with Crippen molar-refractivity contribution in [3.8, 4) is 5.75 Å². The number of amides is 1. The molecule has 1 amide bonds. The van der Waals surface area contributed by atoms with Gasteiger partial charge in [0.25, 0.3) is 5.91 Å². The van der Waals surface area contributed by atoms with Gasteiger partial charge in [-0.1, -0.05) is 41.9 Å². The molecule has 1 aliphatic heterocycles. The second-order valence-corrected chi connectivity index (χ2v) is 7.81. The maximum absolute atomic E-state index is 13.5. The van der Waals surface area contributed by atoms with E-state index in [2.05, 4.69) is 9.97 Å². The van der Waals surface area contributed by atoms with Gasteiger partial charge in [-0.2, -0.15) is 5.10 Å². The second-order valence-electron chi connectivity index (χ2n) is 7.40. The van der Waals surface area contributed by atoms with E-state index >= 15 is 0 Å². The number of hydrazone groups is 1. The normalized spacial score (nSPS) is 15.6. The molecule has 2 heterocycles. The number of rotatable bonds is 4. The van der Waals surface area contributed by atoms with Crippen molar-refractivity contribution in [1.29, 1.82) is 0 Å². The van der Waals surface area contributed by atoms with Crippen LogP contribution in [0.2, 0.25) is 5.02 Å². The molecular formula is C25H19ClN4O2. The lowest BCUT2D eigenvalue weighted by Gasteiger charge is -2.22. The van der Waals surface area contributed by atoms with Gasteiger partial charge < -0.3 is 4.74 Å². The molecule has 1 aromatic heterocycles. The Kier molecular flexibility index (Phi) is 5.29. The monoisotopic (exact) mass is 442 g/mol. The Morgan fingerprint density at radius 1 is 1.00 bits per heavy atom. The highest BCUT2D eigenvalue weighted by Gasteiger charge is 2.35. The number of carbonyl (C=O) groups excluding carboxylic acids is 1. The number of halogens is 1. The maximum atomic E-state index is 13.5. The predicted octanol–water partition coefficient (Wildman–Crippen LogP) is 5.28. The lowest BCUT2D eigenvalue weighted by Crippen LogP contribution is -2.27. The number of nitrogens with zero attached hydrogens (tertiary/aromatic N) is 4. The van der Waals surface area contributed by atoms with Crippen LogP contribution < -0.4 is 4.74 Å². The first kappa shape index (κ1) is 20.2. The number of carbonyl (C=O) groups is 1. The van der Waals surface area contributed by atoms with E-state index in [0.717, 1.165) is 27.9 Å². The van der Waals surface area contributed by atoms with Crippen LogP contribution in [-0.4, -0.2) is 33.7 Å². The molecule has 7 heteroatoms. The van der Waals surface area contributed by atoms with Crippen LogP contribution in [0.25, 0.3) is 11.0 Å². The van der Waals surface area contributed by atoms with E-state index in [0.29, 0.717) is 22.8 Å². The van der Waals surface area contributed by atoms with Crippen LogP contribution in [0.3, 0.4) is 0 Å². The van der Waals surface area contributed by atoms with E-state index in [4.69, 9.17) is 21.4 Å². The van der Waals surface area contributed by atoms with Crippen LogP contribution >= 0.6 is 11.6 Å². The van der Waals surface area contributed by atoms with Crippen molar-refractivity contribution in [2.45, 2.75) is 12.5 Å². The quantitative estimate of drug-likeness (QED) is 0.431. The Morgan fingerprint density at radius 3 is 2.56 bits per heavy atom. The number of hydrogen-bond acceptors (Lipinski definition) is 5. The highest BCUT2D eigenvalue weighted by molar-refractivity contribution is 6.33. The summed E-state index contributed by atoms with van der Waals surface area (Å²) in [6, 6.07) is 20.2. The van der Waals surface area contributed by atoms with Gasteiger partial charge in [0.05, 0.1) is 40.5 Å². The first-order chi connectivity index (χ1) is 15.7. The first-order valence-electron chi connectivity index (χ1n) is 10.2. The van der Waals surface area contributed by atoms with Gasteiger partial charge in [0.2, 0.25) is 0 Å². The third-order valence-corrected chi connectivity index (χ3v) is 5.85. The summed E-state index contributed by atoms with van der Waals surface area (Å²) < 4.78 is 5.53. The van der Waals surface area contributed by atoms with E-state index in [1.807, 2.05) is 42.5 Å². The van der Waals surface area contributed by atoms with Crippen molar-refractivity contribution in [3.05, 3.63) is 101 Å². The molecule has 0 fully saturated rings. The van der Waals surface area contributed by atoms with Gasteiger partial charge in [-0.3, -0.25) is 14.8 Å². The molecule has 0 unspecified atom stereocenters. The fourth-order valence-electron chi connectivity index (χ4n) is 3.95. The molecule has 5 rings (SSSR count). The van der Waals surface area contributed by atoms with Crippen LogP contribution in [0.15, 0.2) is 84.2 Å². The molecule has 158 valence electrons. The molecule has 0 radical (unpaired) electrons. The number of para-hydroxylation sites is 1. The Morgan fingerprint density at radius 2 is 1.75 bits per heavy atom. The largest absolute Gasteiger partial charge is 0.496 e. The van der Waals surface area contributed by atoms with Gasteiger partial charge in [-0.15, -0.1) is 0 Å². The minimum absolute atomic E-state index is 0.259. The van der Waals surface area contributed by atoms with Gasteiger partial charge in [0.1, 0.15) is 5.75 Å². The number of fused-ring (bicyclic) bond motifs is 1. The molecule has 0 bridgehead atoms. The summed E-state index contributed by atoms with van der Waals surface area (Å²) in [6.45, 7) is 0. The molecule has 3 aromatic carbocycles. The average molecular weight is 443 g/mol. The zero-order chi connectivity index (χ0) is 22.1. The van der Waals surface area contributed by atoms with Gasteiger partial charge in [0, 0.05) is 24.4 Å². The molecular weight excluding hydrogens is 424 g/mol. The fraction of sp³-hybridized carbons (Fsp3) is 0.120. The molecule has 1 aliphatic rings. The SMILES string of the molecule is COc1ccccc1C1=NN(C(=O)c2ccccc2Cl)[C@H](c2ccc3nccnc3c2)C1. The molecule has 1 atom stereocenters. The van der Waals surface area contributed by atoms with Crippen LogP contribution in [-0.2, 0) is 0 Å². The van der Waals surface area contributed by atoms with Crippen LogP contribution in [0.1, 0.15) is 33.9 Å². The Balaban J connectivity index is 1.61. The van der Waals surface area contributed by atoms with E-state index in [-0.39, 0.29) is 11.9 Å². The average Bonchev–Trinajstić information content (AvgIpc) is 3.29. The number of methoxy groups -OCH3 is 1. The molecule has 32 heavy (non-hydrogen) atoms. The minimum atomic E-state index is -0.315. The number of aromatic nitrogens is 2. The van der Waals surface area contributed by atoms with E-state index in [1.165, 1.54) is 5.01 Å². The highest BCUT2D eigenvalue weighted by Crippen LogP contribution is 2.37. The van der Waals surface area contributed by atoms with Crippen LogP contribution in [0.5, 0.6) is 5.75 Å². The maximum Gasteiger partial charge on any atom is 0.276 e. The van der Waals surface area contributed by atoms with Gasteiger partial charge in [-0.05, 0) is 42.0 Å². The summed E-state index contributed by atoms with van der Waals surface area (Å²) in [5, 5.41) is 6.65. The van der Waals surface area contributed by atoms with Crippen molar-refractivity contribution < 1.29 is 9.53 Å². The fourth-order valence-corrected chi connectivity index (χ4v) is 4.17. The number of ether oxygens (including phenoxy) is 1. The summed E-state index contributed by atoms with van der Waals surface area (Å²) in [6.07, 6.45) is 3.85. The van der Waals surface area contributed by atoms with E-state index in [1.54, 1.807) is 43.8 Å². The molecule has 0 saturated heterocycles. The lowest BCUT2D eigenvalue weighted by molar-refractivity contribution is 0.0711. The second kappa shape index (κ2) is 8.40. The topological polar surface area (TPSA) is 67.7 Å². The summed E-state index contributed by atoms with van der Waals surface area (Å²) in [4.78, 5) is 22.3. The molecule has 0 aliphatic carbocycles. The zero-order valence-corrected chi connectivity index (χ0v) is 18.0. The van der Waals surface area contributed by atoms with Gasteiger partial charge in [-0.25, -0.2) is 5.01 Å². The summed E-state index contributed by atoms with van der Waals surface area (Å²) in [7, 11) is 1.63. The number of hydrogen-bond donors (Lipinski definition) is 0. The van der Waals surface area contributed by atoms with Crippen molar-refractivity contribution in [2.24, 2.45) is 5.10 Å². The lowest BCUT2D eigenvalue weighted by atomic mass is 9.97. The van der Waals surface area contributed by atoms with E-state index < -0.39 is 0 Å². The third kappa shape index (κ3) is 3.59. The Hall–Kier alpha value is -3.77. The minimum Gasteiger partial charge on any atom is -0.496 e. The Labute approximate surface area is 190 Å². The van der Waals surface area contributed by atoms with Gasteiger partial charge in [0.15, 0.2) is 0 Å². The molecule has 6 nitrogen and oxygen atoms in total. The zero-order valence-electron chi connectivity index (χ0n) is 17.3. The summed E-state index contributed by atoms with van der Waals surface area (Å²) in [5.74, 6) is 0.450. The smallest absolute Gasteiger partial charge is 0.276 e. The number of benzene rings is 3. The van der Waals surface area contributed by atoms with Crippen molar-refractivity contribution in [1.82, 2.24) is 15.0 Å². The summed E-state index contributed by atoms with van der Waals surface area (Å²) >= 11 is 6.34. The Bertz CT molecular complexity index is 1350. The summed E-state index contributed by atoms with van der Waals surface area (Å²) in [5.41, 5.74) is 4.52. The molecule has 0 spiro atoms.